The average molecular weight is 290 g/mol. The summed E-state index contributed by atoms with van der Waals surface area (Å²) in [6.07, 6.45) is -0.0461. The summed E-state index contributed by atoms with van der Waals surface area (Å²) in [6, 6.07) is 4.08. The second-order valence-corrected chi connectivity index (χ2v) is 4.58. The van der Waals surface area contributed by atoms with E-state index in [9.17, 15) is 19.8 Å². The highest BCUT2D eigenvalue weighted by Gasteiger charge is 2.12. The number of aryl methyl sites for hydroxylation is 1. The lowest BCUT2D eigenvalue weighted by Crippen LogP contribution is -2.18. The van der Waals surface area contributed by atoms with E-state index in [1.54, 1.807) is 6.92 Å². The van der Waals surface area contributed by atoms with E-state index in [0.29, 0.717) is 16.8 Å². The molecule has 2 rings (SSSR count). The van der Waals surface area contributed by atoms with Crippen LogP contribution < -0.4 is 5.56 Å². The van der Waals surface area contributed by atoms with Crippen molar-refractivity contribution in [1.82, 2.24) is 9.97 Å². The molecule has 7 heteroatoms. The first-order chi connectivity index (χ1) is 9.88. The Kier molecular flexibility index (Phi) is 3.93. The number of phenolic OH excluding ortho intramolecular Hbond substituents is 2. The van der Waals surface area contributed by atoms with Gasteiger partial charge in [-0.15, -0.1) is 0 Å². The molecular formula is C14H14N2O5. The van der Waals surface area contributed by atoms with Crippen LogP contribution >= 0.6 is 0 Å². The van der Waals surface area contributed by atoms with Crippen LogP contribution in [0.5, 0.6) is 11.5 Å². The SMILES string of the molecule is Cc1nc(-c2ccc(O)c(O)c2)[nH]c(=O)c1CCC(=O)O. The largest absolute Gasteiger partial charge is 0.504 e. The molecule has 1 heterocycles. The van der Waals surface area contributed by atoms with Gasteiger partial charge in [0.15, 0.2) is 11.5 Å². The monoisotopic (exact) mass is 290 g/mol. The molecular weight excluding hydrogens is 276 g/mol. The molecule has 0 radical (unpaired) electrons. The van der Waals surface area contributed by atoms with Gasteiger partial charge in [-0.1, -0.05) is 0 Å². The Balaban J connectivity index is 2.41. The van der Waals surface area contributed by atoms with Crippen molar-refractivity contribution in [1.29, 1.82) is 0 Å². The summed E-state index contributed by atoms with van der Waals surface area (Å²) < 4.78 is 0. The number of nitrogens with zero attached hydrogens (tertiary/aromatic N) is 1. The first-order valence-electron chi connectivity index (χ1n) is 6.22. The van der Waals surface area contributed by atoms with Gasteiger partial charge in [-0.3, -0.25) is 9.59 Å². The normalized spacial score (nSPS) is 10.5. The number of aliphatic carboxylic acids is 1. The number of phenols is 2. The lowest BCUT2D eigenvalue weighted by atomic mass is 10.1. The molecule has 1 aromatic carbocycles. The predicted molar refractivity (Wildman–Crippen MR) is 74.3 cm³/mol. The number of hydrogen-bond acceptors (Lipinski definition) is 5. The molecule has 7 nitrogen and oxygen atoms in total. The van der Waals surface area contributed by atoms with Gasteiger partial charge in [-0.25, -0.2) is 4.98 Å². The maximum absolute atomic E-state index is 12.0. The summed E-state index contributed by atoms with van der Waals surface area (Å²) in [5.41, 5.74) is 0.785. The summed E-state index contributed by atoms with van der Waals surface area (Å²) in [4.78, 5) is 29.3. The first kappa shape index (κ1) is 14.6. The van der Waals surface area contributed by atoms with Gasteiger partial charge in [0, 0.05) is 23.2 Å². The number of aromatic nitrogens is 2. The molecule has 4 N–H and O–H groups in total. The summed E-state index contributed by atoms with van der Waals surface area (Å²) in [6.45, 7) is 1.62. The molecule has 0 bridgehead atoms. The van der Waals surface area contributed by atoms with Crippen molar-refractivity contribution < 1.29 is 20.1 Å². The van der Waals surface area contributed by atoms with Crippen LogP contribution in [0.2, 0.25) is 0 Å². The van der Waals surface area contributed by atoms with E-state index in [2.05, 4.69) is 9.97 Å². The summed E-state index contributed by atoms with van der Waals surface area (Å²) >= 11 is 0. The third kappa shape index (κ3) is 3.19. The number of carboxylic acid groups (broad SMARTS) is 1. The third-order valence-electron chi connectivity index (χ3n) is 3.06. The van der Waals surface area contributed by atoms with E-state index in [0.717, 1.165) is 0 Å². The van der Waals surface area contributed by atoms with Crippen molar-refractivity contribution in [3.63, 3.8) is 0 Å². The Morgan fingerprint density at radius 3 is 2.57 bits per heavy atom. The van der Waals surface area contributed by atoms with Crippen LogP contribution in [0.3, 0.4) is 0 Å². The number of hydrogen-bond donors (Lipinski definition) is 4. The summed E-state index contributed by atoms with van der Waals surface area (Å²) in [5.74, 6) is -1.33. The van der Waals surface area contributed by atoms with Crippen LogP contribution in [-0.4, -0.2) is 31.3 Å². The Bertz CT molecular complexity index is 752. The van der Waals surface area contributed by atoms with Crippen LogP contribution in [0.15, 0.2) is 23.0 Å². The maximum Gasteiger partial charge on any atom is 0.303 e. The second-order valence-electron chi connectivity index (χ2n) is 4.58. The van der Waals surface area contributed by atoms with Gasteiger partial charge in [0.25, 0.3) is 5.56 Å². The number of aromatic amines is 1. The van der Waals surface area contributed by atoms with Crippen molar-refractivity contribution >= 4 is 5.97 Å². The third-order valence-corrected chi connectivity index (χ3v) is 3.06. The Morgan fingerprint density at radius 1 is 1.29 bits per heavy atom. The van der Waals surface area contributed by atoms with Crippen LogP contribution in [0.1, 0.15) is 17.7 Å². The lowest BCUT2D eigenvalue weighted by molar-refractivity contribution is -0.136. The van der Waals surface area contributed by atoms with Gasteiger partial charge in [-0.2, -0.15) is 0 Å². The van der Waals surface area contributed by atoms with E-state index in [-0.39, 0.29) is 30.2 Å². The van der Waals surface area contributed by atoms with Crippen LogP contribution in [-0.2, 0) is 11.2 Å². The number of carboxylic acids is 1. The van der Waals surface area contributed by atoms with Gasteiger partial charge in [-0.05, 0) is 31.5 Å². The highest BCUT2D eigenvalue weighted by molar-refractivity contribution is 5.67. The van der Waals surface area contributed by atoms with Crippen molar-refractivity contribution in [3.8, 4) is 22.9 Å². The average Bonchev–Trinajstić information content (AvgIpc) is 2.40. The van der Waals surface area contributed by atoms with Gasteiger partial charge >= 0.3 is 5.97 Å². The van der Waals surface area contributed by atoms with Crippen LogP contribution in [0.25, 0.3) is 11.4 Å². The smallest absolute Gasteiger partial charge is 0.303 e. The highest BCUT2D eigenvalue weighted by atomic mass is 16.4. The number of H-pyrrole nitrogens is 1. The zero-order valence-electron chi connectivity index (χ0n) is 11.3. The van der Waals surface area contributed by atoms with Crippen molar-refractivity contribution in [2.75, 3.05) is 0 Å². The van der Waals surface area contributed by atoms with Crippen molar-refractivity contribution in [3.05, 3.63) is 39.8 Å². The molecule has 0 amide bonds. The maximum atomic E-state index is 12.0. The number of benzene rings is 1. The number of carbonyl (C=O) groups is 1. The molecule has 0 spiro atoms. The second kappa shape index (κ2) is 5.66. The fourth-order valence-corrected chi connectivity index (χ4v) is 1.94. The van der Waals surface area contributed by atoms with Gasteiger partial charge < -0.3 is 20.3 Å². The van der Waals surface area contributed by atoms with Gasteiger partial charge in [0.1, 0.15) is 5.82 Å². The summed E-state index contributed by atoms with van der Waals surface area (Å²) in [7, 11) is 0. The Labute approximate surface area is 119 Å². The molecule has 0 aliphatic carbocycles. The van der Waals surface area contributed by atoms with Crippen LogP contribution in [0.4, 0.5) is 0 Å². The Hall–Kier alpha value is -2.83. The number of nitrogens with one attached hydrogen (secondary N) is 1. The van der Waals surface area contributed by atoms with E-state index < -0.39 is 11.5 Å². The topological polar surface area (TPSA) is 124 Å². The van der Waals surface area contributed by atoms with E-state index in [1.165, 1.54) is 18.2 Å². The van der Waals surface area contributed by atoms with Crippen molar-refractivity contribution in [2.45, 2.75) is 19.8 Å². The molecule has 0 saturated heterocycles. The molecule has 0 atom stereocenters. The minimum atomic E-state index is -0.985. The molecule has 0 aliphatic rings. The fraction of sp³-hybridized carbons (Fsp3) is 0.214. The quantitative estimate of drug-likeness (QED) is 0.627. The first-order valence-corrected chi connectivity index (χ1v) is 6.22. The minimum absolute atomic E-state index is 0.102. The summed E-state index contributed by atoms with van der Waals surface area (Å²) in [5, 5.41) is 27.4. The predicted octanol–water partition coefficient (Wildman–Crippen LogP) is 1.17. The standard InChI is InChI=1S/C14H14N2O5/c1-7-9(3-5-12(19)20)14(21)16-13(15-7)8-2-4-10(17)11(18)6-8/h2,4,6,17-18H,3,5H2,1H3,(H,19,20)(H,15,16,21). The zero-order valence-corrected chi connectivity index (χ0v) is 11.3. The molecule has 110 valence electrons. The molecule has 2 aromatic rings. The highest BCUT2D eigenvalue weighted by Crippen LogP contribution is 2.28. The zero-order chi connectivity index (χ0) is 15.6. The molecule has 21 heavy (non-hydrogen) atoms. The van der Waals surface area contributed by atoms with Crippen molar-refractivity contribution in [2.24, 2.45) is 0 Å². The van der Waals surface area contributed by atoms with Crippen LogP contribution in [0, 0.1) is 6.92 Å². The molecule has 0 saturated carbocycles. The molecule has 0 aliphatic heterocycles. The van der Waals surface area contributed by atoms with E-state index in [1.807, 2.05) is 0 Å². The Morgan fingerprint density at radius 2 is 2.00 bits per heavy atom. The molecule has 1 aromatic heterocycles. The molecule has 0 unspecified atom stereocenters. The molecule has 0 fully saturated rings. The van der Waals surface area contributed by atoms with Gasteiger partial charge in [0.05, 0.1) is 0 Å². The fourth-order valence-electron chi connectivity index (χ4n) is 1.94. The number of aromatic hydroxyl groups is 2. The minimum Gasteiger partial charge on any atom is -0.504 e. The lowest BCUT2D eigenvalue weighted by Gasteiger charge is -2.07. The number of rotatable bonds is 4. The van der Waals surface area contributed by atoms with E-state index in [4.69, 9.17) is 5.11 Å². The van der Waals surface area contributed by atoms with E-state index >= 15 is 0 Å². The van der Waals surface area contributed by atoms with Gasteiger partial charge in [0.2, 0.25) is 0 Å².